The first-order valence-electron chi connectivity index (χ1n) is 6.33. The van der Waals surface area contributed by atoms with Gasteiger partial charge >= 0.3 is 12.1 Å². The minimum absolute atomic E-state index is 0.107. The topological polar surface area (TPSA) is 77.5 Å². The SMILES string of the molecule is COC(=O)CCCNC(=O)c1cccnc1OCC(F)(F)F. The third-order valence-corrected chi connectivity index (χ3v) is 2.46. The second kappa shape index (κ2) is 8.20. The number of amides is 1. The lowest BCUT2D eigenvalue weighted by molar-refractivity contribution is -0.154. The van der Waals surface area contributed by atoms with Gasteiger partial charge < -0.3 is 14.8 Å². The van der Waals surface area contributed by atoms with Crippen LogP contribution in [0.15, 0.2) is 18.3 Å². The van der Waals surface area contributed by atoms with Gasteiger partial charge in [-0.15, -0.1) is 0 Å². The number of hydrogen-bond acceptors (Lipinski definition) is 5. The van der Waals surface area contributed by atoms with Gasteiger partial charge in [0.05, 0.1) is 7.11 Å². The maximum Gasteiger partial charge on any atom is 0.422 e. The van der Waals surface area contributed by atoms with Crippen molar-refractivity contribution in [1.82, 2.24) is 10.3 Å². The highest BCUT2D eigenvalue weighted by Crippen LogP contribution is 2.19. The molecular formula is C13H15F3N2O4. The summed E-state index contributed by atoms with van der Waals surface area (Å²) in [6, 6.07) is 2.71. The van der Waals surface area contributed by atoms with Gasteiger partial charge in [-0.3, -0.25) is 9.59 Å². The van der Waals surface area contributed by atoms with Crippen molar-refractivity contribution in [3.63, 3.8) is 0 Å². The van der Waals surface area contributed by atoms with E-state index in [4.69, 9.17) is 0 Å². The molecule has 1 rings (SSSR count). The first-order chi connectivity index (χ1) is 10.3. The average molecular weight is 320 g/mol. The number of aromatic nitrogens is 1. The van der Waals surface area contributed by atoms with Crippen LogP contribution in [-0.4, -0.2) is 43.3 Å². The number of halogens is 3. The van der Waals surface area contributed by atoms with Crippen molar-refractivity contribution < 1.29 is 32.2 Å². The zero-order chi connectivity index (χ0) is 16.6. The molecule has 0 spiro atoms. The highest BCUT2D eigenvalue weighted by molar-refractivity contribution is 5.96. The molecule has 0 atom stereocenters. The van der Waals surface area contributed by atoms with E-state index in [1.807, 2.05) is 0 Å². The van der Waals surface area contributed by atoms with Crippen LogP contribution in [0.3, 0.4) is 0 Å². The normalized spacial score (nSPS) is 10.9. The van der Waals surface area contributed by atoms with Crippen LogP contribution in [0.25, 0.3) is 0 Å². The zero-order valence-corrected chi connectivity index (χ0v) is 11.8. The summed E-state index contributed by atoms with van der Waals surface area (Å²) in [5.41, 5.74) is -0.107. The fourth-order valence-electron chi connectivity index (χ4n) is 1.46. The molecule has 6 nitrogen and oxygen atoms in total. The molecule has 0 aliphatic heterocycles. The summed E-state index contributed by atoms with van der Waals surface area (Å²) in [6.45, 7) is -1.37. The predicted octanol–water partition coefficient (Wildman–Crippen LogP) is 1.71. The van der Waals surface area contributed by atoms with Crippen LogP contribution in [0.1, 0.15) is 23.2 Å². The third kappa shape index (κ3) is 6.42. The van der Waals surface area contributed by atoms with E-state index in [0.29, 0.717) is 6.42 Å². The Balaban J connectivity index is 2.56. The molecule has 0 saturated heterocycles. The molecule has 0 aromatic carbocycles. The molecule has 0 radical (unpaired) electrons. The van der Waals surface area contributed by atoms with Crippen LogP contribution in [-0.2, 0) is 9.53 Å². The number of nitrogens with one attached hydrogen (secondary N) is 1. The maximum absolute atomic E-state index is 12.1. The second-order valence-electron chi connectivity index (χ2n) is 4.20. The number of methoxy groups -OCH3 is 1. The van der Waals surface area contributed by atoms with E-state index in [9.17, 15) is 22.8 Å². The van der Waals surface area contributed by atoms with E-state index in [1.54, 1.807) is 0 Å². The highest BCUT2D eigenvalue weighted by Gasteiger charge is 2.29. The standard InChI is InChI=1S/C13H15F3N2O4/c1-21-10(19)5-3-6-17-11(20)9-4-2-7-18-12(9)22-8-13(14,15)16/h2,4,7H,3,5-6,8H2,1H3,(H,17,20). The Morgan fingerprint density at radius 3 is 2.73 bits per heavy atom. The number of rotatable bonds is 7. The van der Waals surface area contributed by atoms with E-state index >= 15 is 0 Å². The summed E-state index contributed by atoms with van der Waals surface area (Å²) in [6.07, 6.45) is -2.83. The molecule has 0 bridgehead atoms. The predicted molar refractivity (Wildman–Crippen MR) is 69.4 cm³/mol. The molecule has 9 heteroatoms. The van der Waals surface area contributed by atoms with E-state index < -0.39 is 30.5 Å². The van der Waals surface area contributed by atoms with Gasteiger partial charge in [-0.2, -0.15) is 13.2 Å². The van der Waals surface area contributed by atoms with Crippen molar-refractivity contribution in [2.45, 2.75) is 19.0 Å². The number of carbonyl (C=O) groups excluding carboxylic acids is 2. The fourth-order valence-corrected chi connectivity index (χ4v) is 1.46. The summed E-state index contributed by atoms with van der Waals surface area (Å²) >= 11 is 0. The van der Waals surface area contributed by atoms with E-state index in [0.717, 1.165) is 0 Å². The van der Waals surface area contributed by atoms with Gasteiger partial charge in [0, 0.05) is 19.2 Å². The van der Waals surface area contributed by atoms with E-state index in [2.05, 4.69) is 19.8 Å². The van der Waals surface area contributed by atoms with Gasteiger partial charge in [-0.05, 0) is 18.6 Å². The molecule has 0 aliphatic rings. The molecule has 1 amide bonds. The number of ether oxygens (including phenoxy) is 2. The Morgan fingerprint density at radius 1 is 1.36 bits per heavy atom. The van der Waals surface area contributed by atoms with Crippen LogP contribution in [0.4, 0.5) is 13.2 Å². The van der Waals surface area contributed by atoms with Gasteiger partial charge in [-0.1, -0.05) is 0 Å². The van der Waals surface area contributed by atoms with Crippen molar-refractivity contribution in [3.8, 4) is 5.88 Å². The minimum Gasteiger partial charge on any atom is -0.469 e. The molecule has 0 aliphatic carbocycles. The summed E-state index contributed by atoms with van der Waals surface area (Å²) in [5.74, 6) is -1.44. The number of hydrogen-bond donors (Lipinski definition) is 1. The minimum atomic E-state index is -4.52. The lowest BCUT2D eigenvalue weighted by Crippen LogP contribution is -2.27. The van der Waals surface area contributed by atoms with Crippen molar-refractivity contribution in [2.75, 3.05) is 20.3 Å². The number of nitrogens with zero attached hydrogens (tertiary/aromatic N) is 1. The lowest BCUT2D eigenvalue weighted by Gasteiger charge is -2.11. The molecule has 22 heavy (non-hydrogen) atoms. The van der Waals surface area contributed by atoms with Crippen molar-refractivity contribution in [1.29, 1.82) is 0 Å². The quantitative estimate of drug-likeness (QED) is 0.611. The van der Waals surface area contributed by atoms with E-state index in [-0.39, 0.29) is 18.5 Å². The smallest absolute Gasteiger partial charge is 0.422 e. The number of alkyl halides is 3. The molecule has 0 saturated carbocycles. The highest BCUT2D eigenvalue weighted by atomic mass is 19.4. The molecule has 1 aromatic rings. The van der Waals surface area contributed by atoms with Gasteiger partial charge in [-0.25, -0.2) is 4.98 Å². The van der Waals surface area contributed by atoms with Crippen molar-refractivity contribution in [3.05, 3.63) is 23.9 Å². The lowest BCUT2D eigenvalue weighted by atomic mass is 10.2. The maximum atomic E-state index is 12.1. The average Bonchev–Trinajstić information content (AvgIpc) is 2.48. The molecule has 1 aromatic heterocycles. The molecule has 1 N–H and O–H groups in total. The van der Waals surface area contributed by atoms with Gasteiger partial charge in [0.15, 0.2) is 6.61 Å². The van der Waals surface area contributed by atoms with Gasteiger partial charge in [0.1, 0.15) is 5.56 Å². The van der Waals surface area contributed by atoms with Crippen LogP contribution in [0.5, 0.6) is 5.88 Å². The Hall–Kier alpha value is -2.32. The van der Waals surface area contributed by atoms with Crippen molar-refractivity contribution in [2.24, 2.45) is 0 Å². The summed E-state index contributed by atoms with van der Waals surface area (Å²) in [4.78, 5) is 26.4. The Labute approximate surface area is 124 Å². The number of esters is 1. The van der Waals surface area contributed by atoms with Crippen LogP contribution in [0.2, 0.25) is 0 Å². The number of carbonyl (C=O) groups is 2. The van der Waals surface area contributed by atoms with Gasteiger partial charge in [0.25, 0.3) is 5.91 Å². The Kier molecular flexibility index (Phi) is 6.61. The molecule has 0 fully saturated rings. The van der Waals surface area contributed by atoms with Gasteiger partial charge in [0.2, 0.25) is 5.88 Å². The molecule has 1 heterocycles. The summed E-state index contributed by atoms with van der Waals surface area (Å²) in [7, 11) is 1.25. The Morgan fingerprint density at radius 2 is 2.09 bits per heavy atom. The molecule has 122 valence electrons. The van der Waals surface area contributed by atoms with Crippen LogP contribution >= 0.6 is 0 Å². The third-order valence-electron chi connectivity index (χ3n) is 2.46. The first kappa shape index (κ1) is 17.7. The second-order valence-corrected chi connectivity index (χ2v) is 4.20. The monoisotopic (exact) mass is 320 g/mol. The first-order valence-corrected chi connectivity index (χ1v) is 6.33. The van der Waals surface area contributed by atoms with Crippen molar-refractivity contribution >= 4 is 11.9 Å². The molecular weight excluding hydrogens is 305 g/mol. The molecule has 0 unspecified atom stereocenters. The Bertz CT molecular complexity index is 520. The van der Waals surface area contributed by atoms with Crippen LogP contribution in [0, 0.1) is 0 Å². The number of pyridine rings is 1. The fraction of sp³-hybridized carbons (Fsp3) is 0.462. The van der Waals surface area contributed by atoms with E-state index in [1.165, 1.54) is 25.4 Å². The summed E-state index contributed by atoms with van der Waals surface area (Å²) in [5, 5.41) is 2.47. The van der Waals surface area contributed by atoms with Crippen LogP contribution < -0.4 is 10.1 Å². The summed E-state index contributed by atoms with van der Waals surface area (Å²) < 4.78 is 45.4. The largest absolute Gasteiger partial charge is 0.469 e. The zero-order valence-electron chi connectivity index (χ0n) is 11.8.